The van der Waals surface area contributed by atoms with Crippen LogP contribution in [-0.4, -0.2) is 54.4 Å². The predicted molar refractivity (Wildman–Crippen MR) is 158 cm³/mol. The van der Waals surface area contributed by atoms with E-state index in [1.54, 1.807) is 6.20 Å². The average molecular weight is 548 g/mol. The summed E-state index contributed by atoms with van der Waals surface area (Å²) in [5.74, 6) is 1.27. The molecule has 0 unspecified atom stereocenters. The van der Waals surface area contributed by atoms with E-state index in [1.807, 2.05) is 36.7 Å². The number of nitriles is 1. The topological polar surface area (TPSA) is 110 Å². The molecule has 1 aliphatic heterocycles. The monoisotopic (exact) mass is 547 g/mol. The maximum Gasteiger partial charge on any atom is 0.228 e. The van der Waals surface area contributed by atoms with Gasteiger partial charge in [0.1, 0.15) is 11.9 Å². The molecule has 9 nitrogen and oxygen atoms in total. The van der Waals surface area contributed by atoms with Gasteiger partial charge in [-0.3, -0.25) is 0 Å². The lowest BCUT2D eigenvalue weighted by molar-refractivity contribution is 0.136. The van der Waals surface area contributed by atoms with E-state index in [0.717, 1.165) is 40.6 Å². The van der Waals surface area contributed by atoms with Crippen LogP contribution in [-0.2, 0) is 21.1 Å². The fraction of sp³-hybridized carbons (Fsp3) is 0.517. The Labute approximate surface area is 233 Å². The van der Waals surface area contributed by atoms with Gasteiger partial charge in [-0.25, -0.2) is 14.6 Å². The number of anilines is 3. The fourth-order valence-corrected chi connectivity index (χ4v) is 5.53. The number of aryl methyl sites for hydroxylation is 1. The second kappa shape index (κ2) is 11.1. The summed E-state index contributed by atoms with van der Waals surface area (Å²) in [5.41, 5.74) is 4.84. The SMILES string of the molecule is CCOCCn1nc(C)cc1Nc1nccc(-c2cc(C#N)c3c(c2)[C@@](C)(CO[Si](C)(C)C(C)(C)C)CN3)n1. The first kappa shape index (κ1) is 28.7. The molecule has 0 radical (unpaired) electrons. The molecule has 10 heteroatoms. The molecule has 3 aromatic rings. The van der Waals surface area contributed by atoms with Crippen molar-refractivity contribution in [1.29, 1.82) is 5.26 Å². The van der Waals surface area contributed by atoms with Crippen molar-refractivity contribution >= 4 is 25.8 Å². The van der Waals surface area contributed by atoms with Crippen molar-refractivity contribution in [1.82, 2.24) is 19.7 Å². The van der Waals surface area contributed by atoms with Gasteiger partial charge in [-0.2, -0.15) is 10.4 Å². The Kier molecular flexibility index (Phi) is 8.16. The number of nitrogens with one attached hydrogen (secondary N) is 2. The van der Waals surface area contributed by atoms with Gasteiger partial charge >= 0.3 is 0 Å². The molecule has 2 N–H and O–H groups in total. The van der Waals surface area contributed by atoms with Gasteiger partial charge in [-0.15, -0.1) is 0 Å². The lowest BCUT2D eigenvalue weighted by Gasteiger charge is -2.39. The van der Waals surface area contributed by atoms with Crippen molar-refractivity contribution in [2.75, 3.05) is 37.0 Å². The van der Waals surface area contributed by atoms with Crippen LogP contribution in [0.15, 0.2) is 30.5 Å². The van der Waals surface area contributed by atoms with E-state index in [2.05, 4.69) is 73.6 Å². The van der Waals surface area contributed by atoms with Crippen molar-refractivity contribution < 1.29 is 9.16 Å². The van der Waals surface area contributed by atoms with Crippen LogP contribution in [0.2, 0.25) is 18.1 Å². The fourth-order valence-electron chi connectivity index (χ4n) is 4.41. The molecule has 0 aliphatic carbocycles. The number of fused-ring (bicyclic) bond motifs is 1. The van der Waals surface area contributed by atoms with Crippen LogP contribution in [0.5, 0.6) is 0 Å². The highest BCUT2D eigenvalue weighted by Gasteiger charge is 2.42. The predicted octanol–water partition coefficient (Wildman–Crippen LogP) is 6.01. The van der Waals surface area contributed by atoms with Gasteiger partial charge in [0, 0.05) is 43.0 Å². The van der Waals surface area contributed by atoms with Crippen molar-refractivity contribution in [3.63, 3.8) is 0 Å². The highest BCUT2D eigenvalue weighted by Crippen LogP contribution is 2.44. The number of aromatic nitrogens is 4. The summed E-state index contributed by atoms with van der Waals surface area (Å²) >= 11 is 0. The third-order valence-corrected chi connectivity index (χ3v) is 12.3. The summed E-state index contributed by atoms with van der Waals surface area (Å²) in [6, 6.07) is 10.3. The Balaban J connectivity index is 1.63. The molecule has 208 valence electrons. The van der Waals surface area contributed by atoms with Crippen molar-refractivity contribution in [3.05, 3.63) is 47.3 Å². The maximum absolute atomic E-state index is 10.0. The molecule has 0 spiro atoms. The van der Waals surface area contributed by atoms with Crippen molar-refractivity contribution in [3.8, 4) is 17.3 Å². The molecular formula is C29H41N7O2Si. The molecule has 39 heavy (non-hydrogen) atoms. The van der Waals surface area contributed by atoms with Gasteiger partial charge < -0.3 is 19.8 Å². The van der Waals surface area contributed by atoms with Crippen LogP contribution in [0.4, 0.5) is 17.5 Å². The van der Waals surface area contributed by atoms with Gasteiger partial charge in [0.2, 0.25) is 5.95 Å². The van der Waals surface area contributed by atoms with Crippen molar-refractivity contribution in [2.24, 2.45) is 0 Å². The third kappa shape index (κ3) is 6.16. The molecule has 0 saturated carbocycles. The first-order chi connectivity index (χ1) is 18.4. The second-order valence-electron chi connectivity index (χ2n) is 12.0. The molecule has 0 bridgehead atoms. The highest BCUT2D eigenvalue weighted by atomic mass is 28.4. The van der Waals surface area contributed by atoms with E-state index in [9.17, 15) is 5.26 Å². The van der Waals surface area contributed by atoms with Gasteiger partial charge in [0.15, 0.2) is 8.32 Å². The van der Waals surface area contributed by atoms with Gasteiger partial charge in [-0.05, 0) is 55.7 Å². The first-order valence-electron chi connectivity index (χ1n) is 13.6. The molecule has 1 aromatic carbocycles. The van der Waals surface area contributed by atoms with E-state index < -0.39 is 8.32 Å². The maximum atomic E-state index is 10.0. The molecule has 4 rings (SSSR count). The molecule has 1 atom stereocenters. The standard InChI is InChI=1S/C29H41N7O2Si/c1-9-37-13-12-36-25(14-20(2)35-36)34-27-31-11-10-24(33-27)21-15-22(17-30)26-23(16-21)29(6,18-32-26)19-38-39(7,8)28(3,4)5/h10-11,14-16,32H,9,12-13,18-19H2,1-8H3,(H,31,33,34)/t29-/m1/s1. The number of hydrogen-bond donors (Lipinski definition) is 2. The Morgan fingerprint density at radius 2 is 2.03 bits per heavy atom. The van der Waals surface area contributed by atoms with E-state index in [1.165, 1.54) is 0 Å². The Morgan fingerprint density at radius 1 is 1.26 bits per heavy atom. The number of hydrogen-bond acceptors (Lipinski definition) is 8. The summed E-state index contributed by atoms with van der Waals surface area (Å²) in [4.78, 5) is 9.25. The first-order valence-corrected chi connectivity index (χ1v) is 16.5. The minimum absolute atomic E-state index is 0.124. The number of rotatable bonds is 10. The van der Waals surface area contributed by atoms with E-state index in [0.29, 0.717) is 37.9 Å². The van der Waals surface area contributed by atoms with Crippen LogP contribution in [0, 0.1) is 18.3 Å². The summed E-state index contributed by atoms with van der Waals surface area (Å²) in [6.07, 6.45) is 1.73. The molecule has 2 aromatic heterocycles. The van der Waals surface area contributed by atoms with Gasteiger partial charge in [-0.1, -0.05) is 27.7 Å². The highest BCUT2D eigenvalue weighted by molar-refractivity contribution is 6.74. The third-order valence-electron chi connectivity index (χ3n) is 7.87. The molecule has 1 aliphatic rings. The molecule has 0 fully saturated rings. The zero-order valence-corrected chi connectivity index (χ0v) is 25.5. The molecule has 0 saturated heterocycles. The summed E-state index contributed by atoms with van der Waals surface area (Å²) in [5, 5.41) is 21.5. The van der Waals surface area contributed by atoms with Crippen LogP contribution in [0.1, 0.15) is 51.4 Å². The minimum atomic E-state index is -1.94. The average Bonchev–Trinajstić information content (AvgIpc) is 3.41. The molecular weight excluding hydrogens is 506 g/mol. The Hall–Kier alpha value is -3.26. The van der Waals surface area contributed by atoms with Crippen LogP contribution in [0.3, 0.4) is 0 Å². The number of nitrogens with zero attached hydrogens (tertiary/aromatic N) is 5. The quantitative estimate of drug-likeness (QED) is 0.235. The van der Waals surface area contributed by atoms with E-state index >= 15 is 0 Å². The Morgan fingerprint density at radius 3 is 2.72 bits per heavy atom. The lowest BCUT2D eigenvalue weighted by Crippen LogP contribution is -2.45. The zero-order chi connectivity index (χ0) is 28.4. The van der Waals surface area contributed by atoms with Crippen molar-refractivity contribution in [2.45, 2.75) is 71.6 Å². The second-order valence-corrected chi connectivity index (χ2v) is 16.8. The molecule has 0 amide bonds. The molecule has 3 heterocycles. The zero-order valence-electron chi connectivity index (χ0n) is 24.5. The Bertz CT molecular complexity index is 1370. The van der Waals surface area contributed by atoms with Crippen LogP contribution < -0.4 is 10.6 Å². The van der Waals surface area contributed by atoms with Gasteiger partial charge in [0.05, 0.1) is 35.8 Å². The normalized spacial score (nSPS) is 17.0. The number of ether oxygens (including phenoxy) is 1. The summed E-state index contributed by atoms with van der Waals surface area (Å²) in [6.45, 7) is 20.6. The van der Waals surface area contributed by atoms with Crippen LogP contribution >= 0.6 is 0 Å². The summed E-state index contributed by atoms with van der Waals surface area (Å²) in [7, 11) is -1.94. The van der Waals surface area contributed by atoms with Gasteiger partial charge in [0.25, 0.3) is 0 Å². The number of benzene rings is 1. The van der Waals surface area contributed by atoms with E-state index in [-0.39, 0.29) is 10.5 Å². The minimum Gasteiger partial charge on any atom is -0.416 e. The largest absolute Gasteiger partial charge is 0.416 e. The van der Waals surface area contributed by atoms with Crippen LogP contribution in [0.25, 0.3) is 11.3 Å². The lowest BCUT2D eigenvalue weighted by atomic mass is 9.83. The smallest absolute Gasteiger partial charge is 0.228 e. The van der Waals surface area contributed by atoms with E-state index in [4.69, 9.17) is 14.1 Å². The summed E-state index contributed by atoms with van der Waals surface area (Å²) < 4.78 is 14.0.